The van der Waals surface area contributed by atoms with E-state index in [2.05, 4.69) is 88.0 Å². The van der Waals surface area contributed by atoms with Crippen molar-refractivity contribution in [2.45, 2.75) is 66.7 Å². The maximum atomic E-state index is 2.47. The summed E-state index contributed by atoms with van der Waals surface area (Å²) in [6.45, 7) is 12.3. The van der Waals surface area contributed by atoms with Crippen LogP contribution >= 0.6 is 0 Å². The van der Waals surface area contributed by atoms with Crippen LogP contribution in [0, 0.1) is 18.8 Å². The lowest BCUT2D eigenvalue weighted by molar-refractivity contribution is 0.600. The summed E-state index contributed by atoms with van der Waals surface area (Å²) in [5.41, 5.74) is 5.34. The van der Waals surface area contributed by atoms with E-state index in [-0.39, 0.29) is 0 Å². The van der Waals surface area contributed by atoms with E-state index in [0.29, 0.717) is 5.92 Å². The molecule has 1 atom stereocenters. The summed E-state index contributed by atoms with van der Waals surface area (Å²) in [7, 11) is 0. The van der Waals surface area contributed by atoms with Crippen molar-refractivity contribution in [1.82, 2.24) is 0 Å². The number of hydrogen-bond donors (Lipinski definition) is 0. The third-order valence-corrected chi connectivity index (χ3v) is 5.36. The molecule has 0 saturated heterocycles. The van der Waals surface area contributed by atoms with E-state index >= 15 is 0 Å². The Hall–Kier alpha value is -1.76. The van der Waals surface area contributed by atoms with E-state index < -0.39 is 0 Å². The summed E-state index contributed by atoms with van der Waals surface area (Å²) < 4.78 is 0. The summed E-state index contributed by atoms with van der Waals surface area (Å²) in [5, 5.41) is 0. The molecule has 1 heteroatoms. The second-order valence-corrected chi connectivity index (χ2v) is 7.90. The number of unbranched alkanes of at least 4 members (excludes halogenated alkanes) is 3. The first-order valence-corrected chi connectivity index (χ1v) is 10.2. The van der Waals surface area contributed by atoms with E-state index in [4.69, 9.17) is 0 Å². The van der Waals surface area contributed by atoms with Gasteiger partial charge >= 0.3 is 0 Å². The highest BCUT2D eigenvalue weighted by Gasteiger charge is 2.09. The van der Waals surface area contributed by atoms with Crippen molar-refractivity contribution in [3.63, 3.8) is 0 Å². The van der Waals surface area contributed by atoms with Gasteiger partial charge in [0, 0.05) is 17.9 Å². The van der Waals surface area contributed by atoms with Crippen LogP contribution in [0.2, 0.25) is 0 Å². The third-order valence-electron chi connectivity index (χ3n) is 5.36. The average Bonchev–Trinajstić information content (AvgIpc) is 2.64. The van der Waals surface area contributed by atoms with Crippen LogP contribution in [0.25, 0.3) is 0 Å². The molecular formula is C25H36N-. The lowest BCUT2D eigenvalue weighted by Crippen LogP contribution is -2.18. The maximum absolute atomic E-state index is 2.47. The molecule has 0 amide bonds. The summed E-state index contributed by atoms with van der Waals surface area (Å²) in [6, 6.07) is 18.1. The molecular weight excluding hydrogens is 314 g/mol. The molecule has 0 aliphatic rings. The molecule has 0 bridgehead atoms. The first-order chi connectivity index (χ1) is 12.5. The summed E-state index contributed by atoms with van der Waals surface area (Å²) in [4.78, 5) is 2.47. The van der Waals surface area contributed by atoms with Gasteiger partial charge in [0.2, 0.25) is 0 Å². The van der Waals surface area contributed by atoms with E-state index in [1.54, 1.807) is 0 Å². The Labute approximate surface area is 161 Å². The summed E-state index contributed by atoms with van der Waals surface area (Å²) in [5.74, 6) is 2.15. The first-order valence-electron chi connectivity index (χ1n) is 10.2. The van der Waals surface area contributed by atoms with E-state index in [0.717, 1.165) is 13.0 Å². The largest absolute Gasteiger partial charge is 0.341 e. The second kappa shape index (κ2) is 10.4. The molecule has 0 fully saturated rings. The van der Waals surface area contributed by atoms with Crippen LogP contribution in [-0.2, 0) is 6.42 Å². The van der Waals surface area contributed by atoms with Crippen LogP contribution in [0.4, 0.5) is 11.4 Å². The number of anilines is 2. The zero-order valence-corrected chi connectivity index (χ0v) is 17.4. The van der Waals surface area contributed by atoms with Crippen molar-refractivity contribution in [2.75, 3.05) is 11.4 Å². The standard InChI is InChI=1S/C25H36N/c1-6-7-8-9-18-26(24-14-10-21(4)11-15-24)25-16-12-23(13-17-25)19-22(5)20(2)3/h10-17,22H,6-9,18-19H2,1-5H3/q-1. The molecule has 0 spiro atoms. The van der Waals surface area contributed by atoms with E-state index in [1.807, 2.05) is 0 Å². The molecule has 0 aliphatic heterocycles. The molecule has 0 saturated carbocycles. The first kappa shape index (κ1) is 20.6. The minimum atomic E-state index is 0.642. The molecule has 0 N–H and O–H groups in total. The van der Waals surface area contributed by atoms with Gasteiger partial charge in [-0.05, 0) is 37.6 Å². The van der Waals surface area contributed by atoms with Gasteiger partial charge in [-0.2, -0.15) is 19.8 Å². The van der Waals surface area contributed by atoms with Crippen molar-refractivity contribution in [1.29, 1.82) is 0 Å². The normalized spacial score (nSPS) is 12.4. The minimum Gasteiger partial charge on any atom is -0.341 e. The number of rotatable bonds is 10. The average molecular weight is 351 g/mol. The highest BCUT2D eigenvalue weighted by molar-refractivity contribution is 5.63. The van der Waals surface area contributed by atoms with Crippen LogP contribution in [0.5, 0.6) is 0 Å². The van der Waals surface area contributed by atoms with E-state index in [9.17, 15) is 0 Å². The van der Waals surface area contributed by atoms with Gasteiger partial charge in [-0.15, -0.1) is 0 Å². The molecule has 0 heterocycles. The van der Waals surface area contributed by atoms with Gasteiger partial charge < -0.3 is 10.8 Å². The second-order valence-electron chi connectivity index (χ2n) is 7.90. The summed E-state index contributed by atoms with van der Waals surface area (Å²) >= 11 is 0. The molecule has 0 aliphatic carbocycles. The Bertz CT molecular complexity index is 624. The number of benzene rings is 2. The van der Waals surface area contributed by atoms with Gasteiger partial charge in [-0.1, -0.05) is 74.9 Å². The SMILES string of the molecule is CCCCCCN(c1ccc(C)cc1)c1ccc(CC(C)[C-](C)C)cc1. The third kappa shape index (κ3) is 6.20. The lowest BCUT2D eigenvalue weighted by atomic mass is 9.91. The fourth-order valence-electron chi connectivity index (χ4n) is 3.20. The molecule has 2 aromatic carbocycles. The molecule has 26 heavy (non-hydrogen) atoms. The van der Waals surface area contributed by atoms with Gasteiger partial charge in [-0.25, -0.2) is 0 Å². The van der Waals surface area contributed by atoms with Crippen molar-refractivity contribution in [3.8, 4) is 0 Å². The molecule has 142 valence electrons. The van der Waals surface area contributed by atoms with Crippen molar-refractivity contribution < 1.29 is 0 Å². The highest BCUT2D eigenvalue weighted by atomic mass is 15.1. The molecule has 2 rings (SSSR count). The quantitative estimate of drug-likeness (QED) is 0.316. The van der Waals surface area contributed by atoms with Crippen LogP contribution in [0.1, 0.15) is 64.5 Å². The summed E-state index contributed by atoms with van der Waals surface area (Å²) in [6.07, 6.45) is 6.28. The Kier molecular flexibility index (Phi) is 8.22. The molecule has 1 unspecified atom stereocenters. The highest BCUT2D eigenvalue weighted by Crippen LogP contribution is 2.28. The van der Waals surface area contributed by atoms with Crippen LogP contribution in [0.15, 0.2) is 48.5 Å². The van der Waals surface area contributed by atoms with E-state index in [1.165, 1.54) is 54.1 Å². The zero-order chi connectivity index (χ0) is 18.9. The molecule has 2 aromatic rings. The van der Waals surface area contributed by atoms with Crippen LogP contribution in [0.3, 0.4) is 0 Å². The smallest absolute Gasteiger partial charge is 0.0410 e. The molecule has 0 aromatic heterocycles. The predicted molar refractivity (Wildman–Crippen MR) is 116 cm³/mol. The van der Waals surface area contributed by atoms with Gasteiger partial charge in [0.15, 0.2) is 0 Å². The minimum absolute atomic E-state index is 0.642. The Morgan fingerprint density at radius 2 is 1.42 bits per heavy atom. The number of hydrogen-bond acceptors (Lipinski definition) is 1. The van der Waals surface area contributed by atoms with Crippen molar-refractivity contribution in [2.24, 2.45) is 5.92 Å². The van der Waals surface area contributed by atoms with Crippen molar-refractivity contribution >= 4 is 11.4 Å². The van der Waals surface area contributed by atoms with Gasteiger partial charge in [0.05, 0.1) is 0 Å². The lowest BCUT2D eigenvalue weighted by Gasteiger charge is -2.28. The zero-order valence-electron chi connectivity index (χ0n) is 17.4. The van der Waals surface area contributed by atoms with Gasteiger partial charge in [0.25, 0.3) is 0 Å². The Balaban J connectivity index is 2.14. The maximum Gasteiger partial charge on any atom is 0.0410 e. The number of nitrogens with zero attached hydrogens (tertiary/aromatic N) is 1. The fourth-order valence-corrected chi connectivity index (χ4v) is 3.20. The molecule has 0 radical (unpaired) electrons. The Morgan fingerprint density at radius 1 is 0.846 bits per heavy atom. The Morgan fingerprint density at radius 3 is 1.96 bits per heavy atom. The predicted octanol–water partition coefficient (Wildman–Crippen LogP) is 7.51. The van der Waals surface area contributed by atoms with Crippen LogP contribution < -0.4 is 4.90 Å². The number of aryl methyl sites for hydroxylation is 1. The van der Waals surface area contributed by atoms with Gasteiger partial charge in [-0.3, -0.25) is 0 Å². The van der Waals surface area contributed by atoms with Crippen molar-refractivity contribution in [3.05, 3.63) is 65.6 Å². The van der Waals surface area contributed by atoms with Crippen LogP contribution in [-0.4, -0.2) is 6.54 Å². The van der Waals surface area contributed by atoms with Gasteiger partial charge in [0.1, 0.15) is 0 Å². The fraction of sp³-hybridized carbons (Fsp3) is 0.480. The topological polar surface area (TPSA) is 3.24 Å². The molecule has 1 nitrogen and oxygen atoms in total. The monoisotopic (exact) mass is 350 g/mol.